The molecule has 0 spiro atoms. The number of esters is 2. The molecule has 0 aromatic heterocycles. The molecular formula is C33H40O8. The number of carbonyl (C=O) groups is 2. The molecule has 41 heavy (non-hydrogen) atoms. The molecule has 0 bridgehead atoms. The number of hydrogen-bond donors (Lipinski definition) is 2. The van der Waals surface area contributed by atoms with E-state index in [2.05, 4.69) is 11.8 Å². The van der Waals surface area contributed by atoms with Gasteiger partial charge in [0, 0.05) is 32.1 Å². The summed E-state index contributed by atoms with van der Waals surface area (Å²) in [7, 11) is 2.99. The second-order valence-corrected chi connectivity index (χ2v) is 10.9. The maximum Gasteiger partial charge on any atom is 0.309 e. The first kappa shape index (κ1) is 30.1. The summed E-state index contributed by atoms with van der Waals surface area (Å²) in [6, 6.07) is 8.57. The van der Waals surface area contributed by atoms with Gasteiger partial charge in [0.05, 0.1) is 20.1 Å². The Hall–Kier alpha value is -3.86. The molecule has 2 aliphatic carbocycles. The Labute approximate surface area is 242 Å². The Balaban J connectivity index is 1.73. The number of benzene rings is 2. The Bertz CT molecular complexity index is 1280. The van der Waals surface area contributed by atoms with Crippen molar-refractivity contribution >= 4 is 11.9 Å². The average Bonchev–Trinajstić information content (AvgIpc) is 2.95. The van der Waals surface area contributed by atoms with E-state index < -0.39 is 18.2 Å². The van der Waals surface area contributed by atoms with Gasteiger partial charge in [-0.05, 0) is 66.6 Å². The van der Waals surface area contributed by atoms with Crippen molar-refractivity contribution in [3.8, 4) is 34.8 Å². The van der Waals surface area contributed by atoms with Crippen LogP contribution in [0.2, 0.25) is 0 Å². The lowest BCUT2D eigenvalue weighted by Crippen LogP contribution is -2.31. The summed E-state index contributed by atoms with van der Waals surface area (Å²) in [5, 5.41) is 20.6. The highest BCUT2D eigenvalue weighted by Crippen LogP contribution is 2.35. The molecule has 8 heteroatoms. The van der Waals surface area contributed by atoms with E-state index in [0.29, 0.717) is 43.6 Å². The Morgan fingerprint density at radius 3 is 2.27 bits per heavy atom. The fourth-order valence-electron chi connectivity index (χ4n) is 5.80. The van der Waals surface area contributed by atoms with Crippen molar-refractivity contribution in [3.63, 3.8) is 0 Å². The molecule has 0 radical (unpaired) electrons. The first-order valence-electron chi connectivity index (χ1n) is 14.4. The molecule has 2 aromatic carbocycles. The van der Waals surface area contributed by atoms with Gasteiger partial charge in [-0.25, -0.2) is 0 Å². The minimum absolute atomic E-state index is 0.0194. The van der Waals surface area contributed by atoms with Crippen LogP contribution in [0.25, 0.3) is 0 Å². The molecule has 0 saturated heterocycles. The van der Waals surface area contributed by atoms with E-state index in [1.165, 1.54) is 21.1 Å². The van der Waals surface area contributed by atoms with Crippen molar-refractivity contribution in [3.05, 3.63) is 47.0 Å². The molecule has 1 fully saturated rings. The molecule has 4 rings (SSSR count). The quantitative estimate of drug-likeness (QED) is 0.345. The van der Waals surface area contributed by atoms with Gasteiger partial charge in [0.25, 0.3) is 0 Å². The lowest BCUT2D eigenvalue weighted by atomic mass is 9.88. The molecule has 3 atom stereocenters. The largest absolute Gasteiger partial charge is 0.504 e. The van der Waals surface area contributed by atoms with Crippen molar-refractivity contribution in [2.75, 3.05) is 14.2 Å². The Kier molecular flexibility index (Phi) is 10.4. The molecule has 0 amide bonds. The summed E-state index contributed by atoms with van der Waals surface area (Å²) in [5.41, 5.74) is 2.61. The van der Waals surface area contributed by atoms with E-state index in [1.807, 2.05) is 0 Å². The first-order chi connectivity index (χ1) is 19.8. The summed E-state index contributed by atoms with van der Waals surface area (Å²) < 4.78 is 22.6. The molecule has 0 aliphatic heterocycles. The third-order valence-corrected chi connectivity index (χ3v) is 7.98. The summed E-state index contributed by atoms with van der Waals surface area (Å²) in [5.74, 6) is 6.28. The van der Waals surface area contributed by atoms with E-state index in [0.717, 1.165) is 48.8 Å². The number of hydrogen-bond acceptors (Lipinski definition) is 8. The summed E-state index contributed by atoms with van der Waals surface area (Å²) in [6.45, 7) is 1.38. The minimum Gasteiger partial charge on any atom is -0.504 e. The van der Waals surface area contributed by atoms with Gasteiger partial charge >= 0.3 is 11.9 Å². The first-order valence-corrected chi connectivity index (χ1v) is 14.4. The van der Waals surface area contributed by atoms with Crippen LogP contribution in [0.5, 0.6) is 23.0 Å². The number of rotatable bonds is 6. The molecule has 2 aromatic rings. The van der Waals surface area contributed by atoms with Crippen molar-refractivity contribution in [2.24, 2.45) is 5.92 Å². The number of aromatic hydroxyl groups is 2. The standard InChI is InChI=1S/C33H40O8/c1-21(34)40-27-14-12-25-19-32(39-3)30(36)17-24(25)11-7-10-23(26-13-15-29(35)31(18-26)38-2)16-28(20-27)41-33(37)22-8-5-4-6-9-22/h13,15,17-19,22-23,27-28,35-36H,4-6,8-9,11-12,14,16,20H2,1-3H3/t23-,27+,28+/m1/s1. The van der Waals surface area contributed by atoms with Gasteiger partial charge in [-0.15, -0.1) is 0 Å². The van der Waals surface area contributed by atoms with Crippen LogP contribution in [-0.4, -0.2) is 48.6 Å². The zero-order valence-electron chi connectivity index (χ0n) is 24.1. The molecule has 1 saturated carbocycles. The number of carbonyl (C=O) groups excluding carboxylic acids is 2. The van der Waals surface area contributed by atoms with Crippen LogP contribution in [-0.2, 0) is 31.9 Å². The van der Waals surface area contributed by atoms with Crippen molar-refractivity contribution in [1.82, 2.24) is 0 Å². The zero-order chi connectivity index (χ0) is 29.4. The smallest absolute Gasteiger partial charge is 0.309 e. The highest BCUT2D eigenvalue weighted by molar-refractivity contribution is 5.72. The van der Waals surface area contributed by atoms with Crippen LogP contribution in [0.3, 0.4) is 0 Å². The SMILES string of the molecule is COc1cc([C@@H]2C#CCc3cc(O)c(OC)cc3CC[C@H](OC(C)=O)C[C@@H](OC(=O)C3CCCCC3)C2)ccc1O. The van der Waals surface area contributed by atoms with Gasteiger partial charge in [0.1, 0.15) is 12.2 Å². The fourth-order valence-corrected chi connectivity index (χ4v) is 5.80. The van der Waals surface area contributed by atoms with Crippen molar-refractivity contribution < 1.29 is 38.7 Å². The number of fused-ring (bicyclic) bond motifs is 1. The van der Waals surface area contributed by atoms with Gasteiger partial charge in [0.15, 0.2) is 23.0 Å². The van der Waals surface area contributed by atoms with Crippen LogP contribution < -0.4 is 9.47 Å². The molecule has 2 N–H and O–H groups in total. The third-order valence-electron chi connectivity index (χ3n) is 7.98. The Morgan fingerprint density at radius 2 is 1.56 bits per heavy atom. The fraction of sp³-hybridized carbons (Fsp3) is 0.515. The zero-order valence-corrected chi connectivity index (χ0v) is 24.1. The predicted molar refractivity (Wildman–Crippen MR) is 153 cm³/mol. The normalized spacial score (nSPS) is 21.6. The highest BCUT2D eigenvalue weighted by Gasteiger charge is 2.30. The summed E-state index contributed by atoms with van der Waals surface area (Å²) >= 11 is 0. The topological polar surface area (TPSA) is 112 Å². The average molecular weight is 565 g/mol. The van der Waals surface area contributed by atoms with Crippen LogP contribution >= 0.6 is 0 Å². The van der Waals surface area contributed by atoms with E-state index in [1.54, 1.807) is 30.3 Å². The molecular weight excluding hydrogens is 524 g/mol. The maximum absolute atomic E-state index is 13.3. The second kappa shape index (κ2) is 14.2. The van der Waals surface area contributed by atoms with E-state index in [-0.39, 0.29) is 29.3 Å². The van der Waals surface area contributed by atoms with Gasteiger partial charge in [0.2, 0.25) is 0 Å². The van der Waals surface area contributed by atoms with Gasteiger partial charge < -0.3 is 29.2 Å². The number of phenolic OH excluding ortho intramolecular Hbond substituents is 2. The third kappa shape index (κ3) is 8.09. The van der Waals surface area contributed by atoms with Crippen LogP contribution in [0, 0.1) is 17.8 Å². The number of phenols is 2. The monoisotopic (exact) mass is 564 g/mol. The van der Waals surface area contributed by atoms with Crippen LogP contribution in [0.1, 0.15) is 80.9 Å². The Morgan fingerprint density at radius 1 is 0.829 bits per heavy atom. The van der Waals surface area contributed by atoms with Crippen molar-refractivity contribution in [1.29, 1.82) is 0 Å². The molecule has 0 unspecified atom stereocenters. The van der Waals surface area contributed by atoms with Gasteiger partial charge in [-0.2, -0.15) is 0 Å². The van der Waals surface area contributed by atoms with E-state index in [9.17, 15) is 19.8 Å². The van der Waals surface area contributed by atoms with Gasteiger partial charge in [-0.3, -0.25) is 9.59 Å². The number of methoxy groups -OCH3 is 2. The second-order valence-electron chi connectivity index (χ2n) is 10.9. The van der Waals surface area contributed by atoms with Crippen LogP contribution in [0.15, 0.2) is 30.3 Å². The number of ether oxygens (including phenoxy) is 4. The maximum atomic E-state index is 13.3. The lowest BCUT2D eigenvalue weighted by Gasteiger charge is -2.29. The highest BCUT2D eigenvalue weighted by atomic mass is 16.6. The van der Waals surface area contributed by atoms with Gasteiger partial charge in [-0.1, -0.05) is 37.2 Å². The number of aryl methyl sites for hydroxylation is 1. The minimum atomic E-state index is -0.541. The summed E-state index contributed by atoms with van der Waals surface area (Å²) in [4.78, 5) is 25.4. The molecule has 220 valence electrons. The summed E-state index contributed by atoms with van der Waals surface area (Å²) in [6.07, 6.45) is 5.93. The van der Waals surface area contributed by atoms with Crippen LogP contribution in [0.4, 0.5) is 0 Å². The van der Waals surface area contributed by atoms with E-state index >= 15 is 0 Å². The lowest BCUT2D eigenvalue weighted by molar-refractivity contribution is -0.159. The molecule has 8 nitrogen and oxygen atoms in total. The molecule has 2 aliphatic rings. The van der Waals surface area contributed by atoms with E-state index in [4.69, 9.17) is 18.9 Å². The van der Waals surface area contributed by atoms with Crippen molar-refractivity contribution in [2.45, 2.75) is 89.3 Å². The predicted octanol–water partition coefficient (Wildman–Crippen LogP) is 5.59. The molecule has 0 heterocycles.